The molecule has 0 bridgehead atoms. The van der Waals surface area contributed by atoms with Gasteiger partial charge in [0, 0.05) is 37.3 Å². The van der Waals surface area contributed by atoms with E-state index >= 15 is 0 Å². The monoisotopic (exact) mass is 205 g/mol. The summed E-state index contributed by atoms with van der Waals surface area (Å²) in [5, 5.41) is 8.02. The summed E-state index contributed by atoms with van der Waals surface area (Å²) in [6, 6.07) is 0. The van der Waals surface area contributed by atoms with Crippen molar-refractivity contribution in [3.63, 3.8) is 0 Å². The van der Waals surface area contributed by atoms with Gasteiger partial charge < -0.3 is 5.32 Å². The van der Waals surface area contributed by atoms with Gasteiger partial charge in [0.25, 0.3) is 0 Å². The Kier molecular flexibility index (Phi) is 2.28. The molecule has 0 saturated heterocycles. The predicted molar refractivity (Wildman–Crippen MR) is 59.6 cm³/mol. The van der Waals surface area contributed by atoms with Crippen LogP contribution in [-0.2, 0) is 20.1 Å². The van der Waals surface area contributed by atoms with E-state index in [1.165, 1.54) is 49.1 Å². The van der Waals surface area contributed by atoms with Crippen LogP contribution < -0.4 is 5.32 Å². The van der Waals surface area contributed by atoms with Gasteiger partial charge in [-0.05, 0) is 12.8 Å². The normalized spacial score (nSPS) is 21.9. The summed E-state index contributed by atoms with van der Waals surface area (Å²) < 4.78 is 2.14. The van der Waals surface area contributed by atoms with Crippen LogP contribution in [-0.4, -0.2) is 9.78 Å². The third kappa shape index (κ3) is 1.49. The zero-order valence-corrected chi connectivity index (χ0v) is 9.42. The second-order valence-electron chi connectivity index (χ2n) is 4.87. The van der Waals surface area contributed by atoms with Gasteiger partial charge in [0.15, 0.2) is 0 Å². The molecular formula is C12H19N3. The molecule has 0 spiro atoms. The van der Waals surface area contributed by atoms with Gasteiger partial charge in [-0.25, -0.2) is 0 Å². The molecule has 2 aliphatic rings. The number of fused-ring (bicyclic) bond motifs is 1. The number of hydrogen-bond acceptors (Lipinski definition) is 2. The standard InChI is InChI=1S/C12H19N3/c1-15-12(9-5-3-2-4-6-9)10-7-13-8-11(10)14-15/h9,13H,2-8H2,1H3. The molecule has 1 fully saturated rings. The summed E-state index contributed by atoms with van der Waals surface area (Å²) in [7, 11) is 2.11. The number of nitrogens with one attached hydrogen (secondary N) is 1. The van der Waals surface area contributed by atoms with Gasteiger partial charge in [0.1, 0.15) is 0 Å². The van der Waals surface area contributed by atoms with Crippen molar-refractivity contribution in [2.45, 2.75) is 51.1 Å². The van der Waals surface area contributed by atoms with Crippen LogP contribution >= 0.6 is 0 Å². The van der Waals surface area contributed by atoms with E-state index in [9.17, 15) is 0 Å². The molecular weight excluding hydrogens is 186 g/mol. The highest BCUT2D eigenvalue weighted by molar-refractivity contribution is 5.32. The lowest BCUT2D eigenvalue weighted by atomic mass is 9.85. The zero-order chi connectivity index (χ0) is 10.3. The van der Waals surface area contributed by atoms with Gasteiger partial charge in [-0.15, -0.1) is 0 Å². The van der Waals surface area contributed by atoms with Crippen molar-refractivity contribution in [1.29, 1.82) is 0 Å². The van der Waals surface area contributed by atoms with Crippen molar-refractivity contribution in [3.05, 3.63) is 17.0 Å². The predicted octanol–water partition coefficient (Wildman–Crippen LogP) is 2.07. The quantitative estimate of drug-likeness (QED) is 0.760. The zero-order valence-electron chi connectivity index (χ0n) is 9.42. The Morgan fingerprint density at radius 1 is 1.20 bits per heavy atom. The molecule has 15 heavy (non-hydrogen) atoms. The molecule has 1 aromatic rings. The summed E-state index contributed by atoms with van der Waals surface area (Å²) in [5.74, 6) is 0.778. The topological polar surface area (TPSA) is 29.9 Å². The fourth-order valence-electron chi connectivity index (χ4n) is 3.17. The molecule has 3 nitrogen and oxygen atoms in total. The average molecular weight is 205 g/mol. The van der Waals surface area contributed by atoms with E-state index < -0.39 is 0 Å². The van der Waals surface area contributed by atoms with Crippen molar-refractivity contribution < 1.29 is 0 Å². The van der Waals surface area contributed by atoms with Crippen LogP contribution in [0.3, 0.4) is 0 Å². The Morgan fingerprint density at radius 2 is 2.00 bits per heavy atom. The Labute approximate surface area is 90.9 Å². The second-order valence-corrected chi connectivity index (χ2v) is 4.87. The third-order valence-electron chi connectivity index (χ3n) is 3.86. The van der Waals surface area contributed by atoms with Gasteiger partial charge in [-0.1, -0.05) is 19.3 Å². The molecule has 2 heterocycles. The van der Waals surface area contributed by atoms with Gasteiger partial charge in [-0.3, -0.25) is 4.68 Å². The number of aromatic nitrogens is 2. The van der Waals surface area contributed by atoms with E-state index in [4.69, 9.17) is 0 Å². The molecule has 0 amide bonds. The molecule has 1 saturated carbocycles. The van der Waals surface area contributed by atoms with Gasteiger partial charge in [0.2, 0.25) is 0 Å². The number of nitrogens with zero attached hydrogens (tertiary/aromatic N) is 2. The van der Waals surface area contributed by atoms with E-state index in [1.54, 1.807) is 0 Å². The highest BCUT2D eigenvalue weighted by Crippen LogP contribution is 2.36. The maximum absolute atomic E-state index is 4.62. The van der Waals surface area contributed by atoms with Gasteiger partial charge in [-0.2, -0.15) is 5.10 Å². The summed E-state index contributed by atoms with van der Waals surface area (Å²) in [5.41, 5.74) is 4.32. The molecule has 82 valence electrons. The van der Waals surface area contributed by atoms with Crippen molar-refractivity contribution in [2.24, 2.45) is 7.05 Å². The third-order valence-corrected chi connectivity index (χ3v) is 3.86. The SMILES string of the molecule is Cn1nc2c(c1C1CCCCC1)CNC2. The lowest BCUT2D eigenvalue weighted by molar-refractivity contribution is 0.421. The van der Waals surface area contributed by atoms with Crippen LogP contribution in [0.15, 0.2) is 0 Å². The fraction of sp³-hybridized carbons (Fsp3) is 0.750. The molecule has 0 aromatic carbocycles. The Bertz CT molecular complexity index is 361. The van der Waals surface area contributed by atoms with Crippen molar-refractivity contribution in [2.75, 3.05) is 0 Å². The highest BCUT2D eigenvalue weighted by Gasteiger charge is 2.26. The smallest absolute Gasteiger partial charge is 0.0810 e. The molecule has 1 N–H and O–H groups in total. The van der Waals surface area contributed by atoms with Gasteiger partial charge in [0.05, 0.1) is 5.69 Å². The molecule has 0 atom stereocenters. The molecule has 0 radical (unpaired) electrons. The first-order valence-electron chi connectivity index (χ1n) is 6.11. The molecule has 1 aliphatic carbocycles. The Hall–Kier alpha value is -0.830. The first-order chi connectivity index (χ1) is 7.36. The lowest BCUT2D eigenvalue weighted by Gasteiger charge is -2.22. The van der Waals surface area contributed by atoms with E-state index in [0.29, 0.717) is 0 Å². The van der Waals surface area contributed by atoms with Crippen LogP contribution in [0.4, 0.5) is 0 Å². The van der Waals surface area contributed by atoms with Crippen LogP contribution in [0.1, 0.15) is 55.0 Å². The number of rotatable bonds is 1. The molecule has 1 aromatic heterocycles. The molecule has 3 rings (SSSR count). The number of aryl methyl sites for hydroxylation is 1. The fourth-order valence-corrected chi connectivity index (χ4v) is 3.17. The van der Waals surface area contributed by atoms with Crippen molar-refractivity contribution >= 4 is 0 Å². The van der Waals surface area contributed by atoms with Crippen LogP contribution in [0.25, 0.3) is 0 Å². The minimum absolute atomic E-state index is 0.778. The minimum atomic E-state index is 0.778. The highest BCUT2D eigenvalue weighted by atomic mass is 15.3. The maximum Gasteiger partial charge on any atom is 0.0810 e. The molecule has 1 aliphatic heterocycles. The second kappa shape index (κ2) is 3.63. The van der Waals surface area contributed by atoms with E-state index in [2.05, 4.69) is 22.1 Å². The average Bonchev–Trinajstić information content (AvgIpc) is 2.78. The lowest BCUT2D eigenvalue weighted by Crippen LogP contribution is -2.13. The minimum Gasteiger partial charge on any atom is -0.307 e. The number of hydrogen-bond donors (Lipinski definition) is 1. The molecule has 3 heteroatoms. The molecule has 0 unspecified atom stereocenters. The van der Waals surface area contributed by atoms with Crippen LogP contribution in [0.5, 0.6) is 0 Å². The van der Waals surface area contributed by atoms with E-state index in [-0.39, 0.29) is 0 Å². The summed E-state index contributed by atoms with van der Waals surface area (Å²) in [6.07, 6.45) is 6.96. The van der Waals surface area contributed by atoms with E-state index in [0.717, 1.165) is 19.0 Å². The first kappa shape index (κ1) is 9.40. The maximum atomic E-state index is 4.62. The van der Waals surface area contributed by atoms with Gasteiger partial charge >= 0.3 is 0 Å². The first-order valence-corrected chi connectivity index (χ1v) is 6.11. The summed E-state index contributed by atoms with van der Waals surface area (Å²) in [4.78, 5) is 0. The summed E-state index contributed by atoms with van der Waals surface area (Å²) >= 11 is 0. The Morgan fingerprint density at radius 3 is 2.80 bits per heavy atom. The van der Waals surface area contributed by atoms with E-state index in [1.807, 2.05) is 0 Å². The van der Waals surface area contributed by atoms with Crippen LogP contribution in [0, 0.1) is 0 Å². The van der Waals surface area contributed by atoms with Crippen molar-refractivity contribution in [1.82, 2.24) is 15.1 Å². The van der Waals surface area contributed by atoms with Crippen LogP contribution in [0.2, 0.25) is 0 Å². The summed E-state index contributed by atoms with van der Waals surface area (Å²) in [6.45, 7) is 2.00. The van der Waals surface area contributed by atoms with Crippen molar-refractivity contribution in [3.8, 4) is 0 Å². The Balaban J connectivity index is 1.95. The largest absolute Gasteiger partial charge is 0.307 e.